The molecule has 2 nitrogen and oxygen atoms in total. The molecule has 0 aliphatic rings. The van der Waals surface area contributed by atoms with Crippen LogP contribution in [0.15, 0.2) is 47.4 Å². The van der Waals surface area contributed by atoms with Crippen LogP contribution in [0.5, 0.6) is 0 Å². The molecule has 72 valence electrons. The van der Waals surface area contributed by atoms with E-state index in [4.69, 9.17) is 0 Å². The molecule has 14 heavy (non-hydrogen) atoms. The molecule has 0 amide bonds. The van der Waals surface area contributed by atoms with Crippen molar-refractivity contribution in [3.8, 4) is 0 Å². The van der Waals surface area contributed by atoms with Gasteiger partial charge in [0.1, 0.15) is 0 Å². The maximum atomic E-state index is 3.00. The highest BCUT2D eigenvalue weighted by atomic mass is 32.2. The van der Waals surface area contributed by atoms with Crippen molar-refractivity contribution >= 4 is 22.7 Å². The molecule has 0 radical (unpaired) electrons. The molecule has 0 atom stereocenters. The third-order valence-electron chi connectivity index (χ3n) is 1.99. The first-order chi connectivity index (χ1) is 6.90. The quantitative estimate of drug-likeness (QED) is 0.593. The normalized spacial score (nSPS) is 10.6. The zero-order valence-electron chi connectivity index (χ0n) is 7.95. The van der Waals surface area contributed by atoms with Crippen LogP contribution >= 0.6 is 11.9 Å². The van der Waals surface area contributed by atoms with Gasteiger partial charge in [0.15, 0.2) is 0 Å². The van der Waals surface area contributed by atoms with Crippen LogP contribution in [0.1, 0.15) is 0 Å². The van der Waals surface area contributed by atoms with Gasteiger partial charge in [0.2, 0.25) is 0 Å². The van der Waals surface area contributed by atoms with Gasteiger partial charge in [-0.15, -0.1) is 0 Å². The zero-order valence-corrected chi connectivity index (χ0v) is 8.77. The Hall–Kier alpha value is -1.03. The van der Waals surface area contributed by atoms with E-state index < -0.39 is 0 Å². The SMILES string of the molecule is CNNSc1ccc2ccccc2c1. The van der Waals surface area contributed by atoms with Crippen molar-refractivity contribution in [2.24, 2.45) is 0 Å². The maximum Gasteiger partial charge on any atom is 0.0246 e. The minimum atomic E-state index is 1.21. The van der Waals surface area contributed by atoms with E-state index in [1.807, 2.05) is 7.05 Å². The molecule has 2 aromatic rings. The Balaban J connectivity index is 2.32. The third kappa shape index (κ3) is 2.07. The molecule has 0 fully saturated rings. The number of hydrogen-bond acceptors (Lipinski definition) is 3. The highest BCUT2D eigenvalue weighted by Crippen LogP contribution is 2.20. The molecule has 0 aliphatic carbocycles. The van der Waals surface area contributed by atoms with E-state index in [2.05, 4.69) is 52.7 Å². The van der Waals surface area contributed by atoms with Gasteiger partial charge in [0, 0.05) is 4.90 Å². The van der Waals surface area contributed by atoms with Crippen molar-refractivity contribution in [1.29, 1.82) is 0 Å². The fraction of sp³-hybridized carbons (Fsp3) is 0.0909. The standard InChI is InChI=1S/C11H12N2S/c1-12-13-14-11-7-6-9-4-2-3-5-10(9)8-11/h2-8,12-13H,1H3. The van der Waals surface area contributed by atoms with Gasteiger partial charge in [-0.25, -0.2) is 0 Å². The highest BCUT2D eigenvalue weighted by Gasteiger charge is 1.95. The number of hydrazine groups is 1. The molecule has 2 aromatic carbocycles. The Bertz CT molecular complexity index is 428. The Morgan fingerprint density at radius 2 is 1.79 bits per heavy atom. The average molecular weight is 204 g/mol. The van der Waals surface area contributed by atoms with Gasteiger partial charge in [0.05, 0.1) is 0 Å². The van der Waals surface area contributed by atoms with E-state index in [0.717, 1.165) is 0 Å². The van der Waals surface area contributed by atoms with Crippen LogP contribution in [0.25, 0.3) is 10.8 Å². The van der Waals surface area contributed by atoms with Gasteiger partial charge in [-0.05, 0) is 41.9 Å². The third-order valence-corrected chi connectivity index (χ3v) is 2.79. The van der Waals surface area contributed by atoms with E-state index >= 15 is 0 Å². The number of benzene rings is 2. The minimum Gasteiger partial charge on any atom is -0.251 e. The van der Waals surface area contributed by atoms with Crippen molar-refractivity contribution in [2.75, 3.05) is 7.05 Å². The second kappa shape index (κ2) is 4.46. The van der Waals surface area contributed by atoms with E-state index in [1.165, 1.54) is 15.7 Å². The Morgan fingerprint density at radius 1 is 1.00 bits per heavy atom. The lowest BCUT2D eigenvalue weighted by atomic mass is 10.1. The van der Waals surface area contributed by atoms with Crippen molar-refractivity contribution in [3.05, 3.63) is 42.5 Å². The minimum absolute atomic E-state index is 1.21. The molecule has 0 saturated carbocycles. The molecule has 0 spiro atoms. The Labute approximate surface area is 87.8 Å². The fourth-order valence-electron chi connectivity index (χ4n) is 1.34. The molecule has 0 aliphatic heterocycles. The van der Waals surface area contributed by atoms with E-state index in [-0.39, 0.29) is 0 Å². The number of hydrogen-bond donors (Lipinski definition) is 2. The summed E-state index contributed by atoms with van der Waals surface area (Å²) in [4.78, 5) is 4.20. The molecule has 0 aromatic heterocycles. The molecular weight excluding hydrogens is 192 g/mol. The number of fused-ring (bicyclic) bond motifs is 1. The molecular formula is C11H12N2S. The average Bonchev–Trinajstić information content (AvgIpc) is 2.26. The van der Waals surface area contributed by atoms with Crippen molar-refractivity contribution in [1.82, 2.24) is 10.3 Å². The summed E-state index contributed by atoms with van der Waals surface area (Å²) in [5.74, 6) is 0. The van der Waals surface area contributed by atoms with Crippen molar-refractivity contribution in [3.63, 3.8) is 0 Å². The van der Waals surface area contributed by atoms with Gasteiger partial charge in [0.25, 0.3) is 0 Å². The van der Waals surface area contributed by atoms with Crippen molar-refractivity contribution in [2.45, 2.75) is 4.90 Å². The topological polar surface area (TPSA) is 24.1 Å². The van der Waals surface area contributed by atoms with E-state index in [0.29, 0.717) is 0 Å². The monoisotopic (exact) mass is 204 g/mol. The van der Waals surface area contributed by atoms with Crippen LogP contribution in [0.2, 0.25) is 0 Å². The maximum absolute atomic E-state index is 3.00. The lowest BCUT2D eigenvalue weighted by Gasteiger charge is -2.03. The molecule has 2 rings (SSSR count). The van der Waals surface area contributed by atoms with Crippen LogP contribution in [-0.2, 0) is 0 Å². The summed E-state index contributed by atoms with van der Waals surface area (Å²) < 4.78 is 0. The number of nitrogens with one attached hydrogen (secondary N) is 2. The van der Waals surface area contributed by atoms with Crippen LogP contribution in [0, 0.1) is 0 Å². The molecule has 0 unspecified atom stereocenters. The summed E-state index contributed by atoms with van der Waals surface area (Å²) >= 11 is 1.57. The summed E-state index contributed by atoms with van der Waals surface area (Å²) in [6, 6.07) is 14.8. The molecule has 0 bridgehead atoms. The second-order valence-corrected chi connectivity index (χ2v) is 3.84. The second-order valence-electron chi connectivity index (χ2n) is 2.96. The first-order valence-corrected chi connectivity index (χ1v) is 5.29. The van der Waals surface area contributed by atoms with E-state index in [1.54, 1.807) is 11.9 Å². The summed E-state index contributed by atoms with van der Waals surface area (Å²) in [7, 11) is 1.86. The van der Waals surface area contributed by atoms with Gasteiger partial charge in [-0.1, -0.05) is 30.3 Å². The predicted octanol–water partition coefficient (Wildman–Crippen LogP) is 2.57. The fourth-order valence-corrected chi connectivity index (χ4v) is 1.88. The zero-order chi connectivity index (χ0) is 9.80. The van der Waals surface area contributed by atoms with E-state index in [9.17, 15) is 0 Å². The van der Waals surface area contributed by atoms with Crippen LogP contribution in [0.3, 0.4) is 0 Å². The largest absolute Gasteiger partial charge is 0.251 e. The summed E-state index contributed by atoms with van der Waals surface area (Å²) in [5, 5.41) is 2.55. The van der Waals surface area contributed by atoms with Gasteiger partial charge in [-0.3, -0.25) is 5.43 Å². The summed E-state index contributed by atoms with van der Waals surface area (Å²) in [5.41, 5.74) is 2.88. The first kappa shape index (κ1) is 9.52. The molecule has 0 heterocycles. The highest BCUT2D eigenvalue weighted by molar-refractivity contribution is 7.97. The van der Waals surface area contributed by atoms with Crippen LogP contribution in [0.4, 0.5) is 0 Å². The Kier molecular flexibility index (Phi) is 3.03. The lowest BCUT2D eigenvalue weighted by molar-refractivity contribution is 0.817. The van der Waals surface area contributed by atoms with Gasteiger partial charge < -0.3 is 0 Å². The van der Waals surface area contributed by atoms with Crippen LogP contribution in [-0.4, -0.2) is 7.05 Å². The molecule has 3 heteroatoms. The smallest absolute Gasteiger partial charge is 0.0246 e. The summed E-state index contributed by atoms with van der Waals surface area (Å²) in [6.07, 6.45) is 0. The number of rotatable bonds is 3. The Morgan fingerprint density at radius 3 is 2.57 bits per heavy atom. The van der Waals surface area contributed by atoms with Crippen molar-refractivity contribution < 1.29 is 0 Å². The summed E-state index contributed by atoms with van der Waals surface area (Å²) in [6.45, 7) is 0. The predicted molar refractivity (Wildman–Crippen MR) is 62.0 cm³/mol. The first-order valence-electron chi connectivity index (χ1n) is 4.47. The van der Waals surface area contributed by atoms with Crippen LogP contribution < -0.4 is 10.3 Å². The van der Waals surface area contributed by atoms with Gasteiger partial charge in [-0.2, -0.15) is 4.83 Å². The lowest BCUT2D eigenvalue weighted by Crippen LogP contribution is -2.18. The molecule has 0 saturated heterocycles. The van der Waals surface area contributed by atoms with Gasteiger partial charge >= 0.3 is 0 Å². The molecule has 2 N–H and O–H groups in total.